The molecule has 2 fully saturated rings. The number of ether oxygens (including phenoxy) is 1. The van der Waals surface area contributed by atoms with Crippen molar-refractivity contribution in [2.45, 2.75) is 103 Å². The highest BCUT2D eigenvalue weighted by Crippen LogP contribution is 2.28. The second-order valence-electron chi connectivity index (χ2n) is 12.8. The number of piperidine rings is 1. The Labute approximate surface area is 243 Å². The number of likely N-dealkylation sites (tertiary alicyclic amines) is 1. The molecule has 0 bridgehead atoms. The van der Waals surface area contributed by atoms with Crippen molar-refractivity contribution < 1.29 is 9.53 Å². The van der Waals surface area contributed by atoms with Crippen LogP contribution in [0.4, 0.5) is 5.69 Å². The maximum atomic E-state index is 11.8. The molecule has 0 radical (unpaired) electrons. The van der Waals surface area contributed by atoms with Crippen LogP contribution in [-0.4, -0.2) is 55.5 Å². The minimum Gasteiger partial charge on any atom is -0.489 e. The highest BCUT2D eigenvalue weighted by atomic mass is 16.5. The van der Waals surface area contributed by atoms with Crippen molar-refractivity contribution in [1.29, 1.82) is 0 Å². The highest BCUT2D eigenvalue weighted by molar-refractivity contribution is 5.57. The third-order valence-corrected chi connectivity index (χ3v) is 8.81. The van der Waals surface area contributed by atoms with Gasteiger partial charge in [-0.3, -0.25) is 0 Å². The normalized spacial score (nSPS) is 18.9. The van der Waals surface area contributed by atoms with Gasteiger partial charge in [-0.1, -0.05) is 70.4 Å². The Kier molecular flexibility index (Phi) is 12.4. The summed E-state index contributed by atoms with van der Waals surface area (Å²) in [6, 6.07) is 20.2. The molecule has 1 N–H and O–H groups in total. The van der Waals surface area contributed by atoms with Gasteiger partial charge >= 0.3 is 0 Å². The lowest BCUT2D eigenvalue weighted by molar-refractivity contribution is -0.110. The fraction of sp³-hybridized carbons (Fsp3) is 0.629. The molecule has 4 rings (SSSR count). The standard InChI is InChI=1S/C35H53N3O2/c1-28(2)18-23-38(33-14-16-35(17-15-33)40-27-30-10-6-4-7-11-30)34-19-21-37(22-20-34)25-29(3)24-32(26-39)36-31-12-8-5-9-13-31/h4,6-7,10-11,14-17,26,28-29,31-32,34,36H,5,8-9,12-13,18-25,27H2,1-3H3. The first-order valence-corrected chi connectivity index (χ1v) is 16.0. The summed E-state index contributed by atoms with van der Waals surface area (Å²) < 4.78 is 6.05. The summed E-state index contributed by atoms with van der Waals surface area (Å²) in [7, 11) is 0. The van der Waals surface area contributed by atoms with Crippen LogP contribution < -0.4 is 15.0 Å². The van der Waals surface area contributed by atoms with Gasteiger partial charge in [-0.15, -0.1) is 0 Å². The molecule has 220 valence electrons. The van der Waals surface area contributed by atoms with E-state index in [1.807, 2.05) is 6.07 Å². The van der Waals surface area contributed by atoms with Gasteiger partial charge in [-0.05, 0) is 80.2 Å². The number of nitrogens with zero attached hydrogens (tertiary/aromatic N) is 2. The molecule has 1 aliphatic carbocycles. The molecule has 2 unspecified atom stereocenters. The van der Waals surface area contributed by atoms with Crippen molar-refractivity contribution in [2.75, 3.05) is 31.1 Å². The van der Waals surface area contributed by atoms with E-state index >= 15 is 0 Å². The van der Waals surface area contributed by atoms with Gasteiger partial charge in [0, 0.05) is 44.0 Å². The highest BCUT2D eigenvalue weighted by Gasteiger charge is 2.27. The van der Waals surface area contributed by atoms with Crippen molar-refractivity contribution in [2.24, 2.45) is 11.8 Å². The SMILES string of the molecule is CC(C)CCN(c1ccc(OCc2ccccc2)cc1)C1CCN(CC(C)CC(C=O)NC2CCCCC2)CC1. The molecule has 2 atom stereocenters. The predicted molar refractivity (Wildman–Crippen MR) is 167 cm³/mol. The Hall–Kier alpha value is -2.37. The molecule has 0 spiro atoms. The van der Waals surface area contributed by atoms with Gasteiger partial charge < -0.3 is 24.6 Å². The van der Waals surface area contributed by atoms with Gasteiger partial charge in [0.2, 0.25) is 0 Å². The average Bonchev–Trinajstić information content (AvgIpc) is 2.98. The molecule has 2 aliphatic rings. The smallest absolute Gasteiger partial charge is 0.136 e. The largest absolute Gasteiger partial charge is 0.489 e. The quantitative estimate of drug-likeness (QED) is 0.241. The Balaban J connectivity index is 1.26. The lowest BCUT2D eigenvalue weighted by atomic mass is 9.93. The lowest BCUT2D eigenvalue weighted by Crippen LogP contribution is -2.47. The molecular weight excluding hydrogens is 494 g/mol. The third kappa shape index (κ3) is 9.92. The van der Waals surface area contributed by atoms with E-state index in [1.54, 1.807) is 0 Å². The molecule has 2 aromatic rings. The molecule has 5 nitrogen and oxygen atoms in total. The number of carbonyl (C=O) groups excluding carboxylic acids is 1. The van der Waals surface area contributed by atoms with Gasteiger partial charge in [0.1, 0.15) is 18.6 Å². The molecule has 1 saturated heterocycles. The minimum absolute atomic E-state index is 0.00167. The monoisotopic (exact) mass is 547 g/mol. The third-order valence-electron chi connectivity index (χ3n) is 8.81. The van der Waals surface area contributed by atoms with Crippen LogP contribution in [0.3, 0.4) is 0 Å². The Bertz CT molecular complexity index is 966. The number of nitrogens with one attached hydrogen (secondary N) is 1. The molecular formula is C35H53N3O2. The molecule has 40 heavy (non-hydrogen) atoms. The molecule has 5 heteroatoms. The molecule has 0 amide bonds. The number of rotatable bonds is 15. The van der Waals surface area contributed by atoms with Crippen molar-refractivity contribution in [3.63, 3.8) is 0 Å². The lowest BCUT2D eigenvalue weighted by Gasteiger charge is -2.41. The van der Waals surface area contributed by atoms with Gasteiger partial charge in [0.15, 0.2) is 0 Å². The van der Waals surface area contributed by atoms with Crippen LogP contribution in [-0.2, 0) is 11.4 Å². The summed E-state index contributed by atoms with van der Waals surface area (Å²) >= 11 is 0. The summed E-state index contributed by atoms with van der Waals surface area (Å²) in [4.78, 5) is 17.1. The Morgan fingerprint density at radius 1 is 0.950 bits per heavy atom. The van der Waals surface area contributed by atoms with E-state index < -0.39 is 0 Å². The van der Waals surface area contributed by atoms with Crippen molar-refractivity contribution in [3.05, 3.63) is 60.2 Å². The molecule has 1 saturated carbocycles. The summed E-state index contributed by atoms with van der Waals surface area (Å²) in [6.45, 7) is 12.0. The fourth-order valence-corrected chi connectivity index (χ4v) is 6.49. The average molecular weight is 548 g/mol. The van der Waals surface area contributed by atoms with Crippen LogP contribution in [0.5, 0.6) is 5.75 Å². The second kappa shape index (κ2) is 16.2. The van der Waals surface area contributed by atoms with Gasteiger partial charge in [-0.25, -0.2) is 0 Å². The second-order valence-corrected chi connectivity index (χ2v) is 12.8. The van der Waals surface area contributed by atoms with E-state index in [4.69, 9.17) is 4.74 Å². The zero-order valence-electron chi connectivity index (χ0n) is 25.3. The number of hydrogen-bond donors (Lipinski definition) is 1. The molecule has 0 aromatic heterocycles. The van der Waals surface area contributed by atoms with Crippen LogP contribution in [0.1, 0.15) is 84.1 Å². The van der Waals surface area contributed by atoms with Crippen molar-refractivity contribution in [3.8, 4) is 5.75 Å². The van der Waals surface area contributed by atoms with Crippen LogP contribution in [0.25, 0.3) is 0 Å². The first kappa shape index (κ1) is 30.6. The van der Waals surface area contributed by atoms with E-state index in [1.165, 1.54) is 62.6 Å². The van der Waals surface area contributed by atoms with Crippen molar-refractivity contribution >= 4 is 12.0 Å². The summed E-state index contributed by atoms with van der Waals surface area (Å²) in [5, 5.41) is 3.65. The molecule has 1 aliphatic heterocycles. The molecule has 2 aromatic carbocycles. The van der Waals surface area contributed by atoms with E-state index in [-0.39, 0.29) is 6.04 Å². The zero-order valence-corrected chi connectivity index (χ0v) is 25.3. The van der Waals surface area contributed by atoms with E-state index in [0.717, 1.165) is 44.6 Å². The summed E-state index contributed by atoms with van der Waals surface area (Å²) in [5.41, 5.74) is 2.50. The van der Waals surface area contributed by atoms with E-state index in [2.05, 4.69) is 84.4 Å². The summed E-state index contributed by atoms with van der Waals surface area (Å²) in [5.74, 6) is 2.13. The molecule has 1 heterocycles. The van der Waals surface area contributed by atoms with Gasteiger partial charge in [0.05, 0.1) is 6.04 Å². The summed E-state index contributed by atoms with van der Waals surface area (Å²) in [6.07, 6.45) is 12.1. The van der Waals surface area contributed by atoms with Crippen LogP contribution in [0, 0.1) is 11.8 Å². The maximum absolute atomic E-state index is 11.8. The van der Waals surface area contributed by atoms with Gasteiger partial charge in [-0.2, -0.15) is 0 Å². The van der Waals surface area contributed by atoms with Crippen LogP contribution >= 0.6 is 0 Å². The minimum atomic E-state index is 0.00167. The number of aldehydes is 1. The van der Waals surface area contributed by atoms with Gasteiger partial charge in [0.25, 0.3) is 0 Å². The number of hydrogen-bond acceptors (Lipinski definition) is 5. The Morgan fingerprint density at radius 3 is 2.30 bits per heavy atom. The number of benzene rings is 2. The van der Waals surface area contributed by atoms with E-state index in [0.29, 0.717) is 30.5 Å². The number of anilines is 1. The topological polar surface area (TPSA) is 44.8 Å². The Morgan fingerprint density at radius 2 is 1.65 bits per heavy atom. The predicted octanol–water partition coefficient (Wildman–Crippen LogP) is 7.10. The first-order valence-electron chi connectivity index (χ1n) is 16.0. The first-order chi connectivity index (χ1) is 19.5. The van der Waals surface area contributed by atoms with Crippen LogP contribution in [0.2, 0.25) is 0 Å². The maximum Gasteiger partial charge on any atom is 0.136 e. The number of carbonyl (C=O) groups is 1. The zero-order chi connectivity index (χ0) is 28.2. The fourth-order valence-electron chi connectivity index (χ4n) is 6.49. The van der Waals surface area contributed by atoms with E-state index in [9.17, 15) is 4.79 Å². The van der Waals surface area contributed by atoms with Crippen molar-refractivity contribution in [1.82, 2.24) is 10.2 Å². The van der Waals surface area contributed by atoms with Crippen LogP contribution in [0.15, 0.2) is 54.6 Å².